The lowest BCUT2D eigenvalue weighted by Crippen LogP contribution is -2.12. The van der Waals surface area contributed by atoms with Crippen molar-refractivity contribution >= 4 is 40.5 Å². The van der Waals surface area contributed by atoms with Gasteiger partial charge in [0.15, 0.2) is 0 Å². The highest BCUT2D eigenvalue weighted by atomic mass is 127. The van der Waals surface area contributed by atoms with Gasteiger partial charge in [0.2, 0.25) is 0 Å². The minimum Gasteiger partial charge on any atom is -0.453 e. The second-order valence-corrected chi connectivity index (χ2v) is 3.98. The Balaban J connectivity index is 2.79. The van der Waals surface area contributed by atoms with Gasteiger partial charge in [-0.1, -0.05) is 0 Å². The predicted molar refractivity (Wildman–Crippen MR) is 68.2 cm³/mol. The fourth-order valence-corrected chi connectivity index (χ4v) is 1.58. The first-order chi connectivity index (χ1) is 8.06. The van der Waals surface area contributed by atoms with E-state index in [2.05, 4.69) is 14.8 Å². The first-order valence-corrected chi connectivity index (χ1v) is 5.55. The quantitative estimate of drug-likeness (QED) is 0.504. The Labute approximate surface area is 111 Å². The Morgan fingerprint density at radius 1 is 1.24 bits per heavy atom. The van der Waals surface area contributed by atoms with Crippen LogP contribution in [0, 0.1) is 3.57 Å². The molecular formula is C10H10INO5. The standard InChI is InChI=1S/C10H10INO5/c1-15-9(13)12-8-4-3-6(5-7(8)11)17-10(14)16-2/h3-5H,1-2H3,(H,12,13). The normalized spacial score (nSPS) is 9.35. The van der Waals surface area contributed by atoms with Crippen LogP contribution < -0.4 is 10.1 Å². The Morgan fingerprint density at radius 2 is 1.94 bits per heavy atom. The van der Waals surface area contributed by atoms with Crippen molar-refractivity contribution in [3.05, 3.63) is 21.8 Å². The SMILES string of the molecule is COC(=O)Nc1ccc(OC(=O)OC)cc1I. The van der Waals surface area contributed by atoms with E-state index in [0.717, 1.165) is 0 Å². The molecule has 92 valence electrons. The van der Waals surface area contributed by atoms with Gasteiger partial charge in [0.25, 0.3) is 0 Å². The van der Waals surface area contributed by atoms with Gasteiger partial charge in [0, 0.05) is 3.57 Å². The van der Waals surface area contributed by atoms with E-state index in [1.54, 1.807) is 12.1 Å². The summed E-state index contributed by atoms with van der Waals surface area (Å²) < 4.78 is 14.3. The van der Waals surface area contributed by atoms with Crippen molar-refractivity contribution in [2.75, 3.05) is 19.5 Å². The number of benzene rings is 1. The molecule has 0 aromatic heterocycles. The molecule has 0 saturated heterocycles. The second-order valence-electron chi connectivity index (χ2n) is 2.81. The minimum atomic E-state index is -0.797. The Hall–Kier alpha value is -1.51. The summed E-state index contributed by atoms with van der Waals surface area (Å²) in [5.74, 6) is 0.330. The highest BCUT2D eigenvalue weighted by Gasteiger charge is 2.08. The maximum atomic E-state index is 11.0. The topological polar surface area (TPSA) is 73.9 Å². The van der Waals surface area contributed by atoms with Crippen molar-refractivity contribution in [3.63, 3.8) is 0 Å². The van der Waals surface area contributed by atoms with Crippen LogP contribution in [0.4, 0.5) is 15.3 Å². The molecule has 0 heterocycles. The smallest absolute Gasteiger partial charge is 0.453 e. The van der Waals surface area contributed by atoms with Gasteiger partial charge in [0.05, 0.1) is 19.9 Å². The molecule has 1 aromatic carbocycles. The molecule has 1 aromatic rings. The average molecular weight is 351 g/mol. The first-order valence-electron chi connectivity index (χ1n) is 4.47. The molecule has 17 heavy (non-hydrogen) atoms. The highest BCUT2D eigenvalue weighted by molar-refractivity contribution is 14.1. The van der Waals surface area contributed by atoms with Crippen LogP contribution in [0.5, 0.6) is 5.75 Å². The molecule has 6 nitrogen and oxygen atoms in total. The number of anilines is 1. The van der Waals surface area contributed by atoms with Gasteiger partial charge in [-0.3, -0.25) is 5.32 Å². The largest absolute Gasteiger partial charge is 0.513 e. The molecule has 0 atom stereocenters. The molecule has 0 fully saturated rings. The molecule has 0 aliphatic rings. The minimum absolute atomic E-state index is 0.330. The maximum Gasteiger partial charge on any atom is 0.513 e. The van der Waals surface area contributed by atoms with E-state index >= 15 is 0 Å². The van der Waals surface area contributed by atoms with Crippen LogP contribution in [0.1, 0.15) is 0 Å². The number of carbonyl (C=O) groups excluding carboxylic acids is 2. The zero-order valence-corrected chi connectivity index (χ0v) is 11.3. The van der Waals surface area contributed by atoms with Crippen molar-refractivity contribution in [2.45, 2.75) is 0 Å². The Kier molecular flexibility index (Phi) is 5.01. The summed E-state index contributed by atoms with van der Waals surface area (Å²) in [6, 6.07) is 4.71. The summed E-state index contributed by atoms with van der Waals surface area (Å²) in [6.45, 7) is 0. The van der Waals surface area contributed by atoms with Crippen molar-refractivity contribution in [3.8, 4) is 5.75 Å². The van der Waals surface area contributed by atoms with Gasteiger partial charge < -0.3 is 14.2 Å². The first kappa shape index (κ1) is 13.6. The molecule has 0 spiro atoms. The van der Waals surface area contributed by atoms with E-state index in [-0.39, 0.29) is 0 Å². The number of nitrogens with one attached hydrogen (secondary N) is 1. The van der Waals surface area contributed by atoms with Crippen molar-refractivity contribution < 1.29 is 23.8 Å². The third-order valence-corrected chi connectivity index (χ3v) is 2.62. The lowest BCUT2D eigenvalue weighted by molar-refractivity contribution is 0.121. The van der Waals surface area contributed by atoms with E-state index < -0.39 is 12.2 Å². The summed E-state index contributed by atoms with van der Waals surface area (Å²) >= 11 is 1.99. The molecule has 0 radical (unpaired) electrons. The van der Waals surface area contributed by atoms with Crippen molar-refractivity contribution in [1.29, 1.82) is 0 Å². The second kappa shape index (κ2) is 6.28. The van der Waals surface area contributed by atoms with Crippen LogP contribution in [-0.4, -0.2) is 26.5 Å². The third-order valence-electron chi connectivity index (χ3n) is 1.73. The fraction of sp³-hybridized carbons (Fsp3) is 0.200. The van der Waals surface area contributed by atoms with Crippen molar-refractivity contribution in [2.24, 2.45) is 0 Å². The van der Waals surface area contributed by atoms with E-state index in [4.69, 9.17) is 4.74 Å². The van der Waals surface area contributed by atoms with Gasteiger partial charge in [-0.2, -0.15) is 0 Å². The summed E-state index contributed by atoms with van der Waals surface area (Å²) in [6.07, 6.45) is -1.36. The van der Waals surface area contributed by atoms with E-state index in [0.29, 0.717) is 15.0 Å². The average Bonchev–Trinajstić information content (AvgIpc) is 2.32. The Morgan fingerprint density at radius 3 is 2.47 bits per heavy atom. The summed E-state index contributed by atoms with van der Waals surface area (Å²) in [5, 5.41) is 2.51. The lowest BCUT2D eigenvalue weighted by atomic mass is 10.3. The van der Waals surface area contributed by atoms with Gasteiger partial charge in [-0.25, -0.2) is 9.59 Å². The number of amides is 1. The van der Waals surface area contributed by atoms with E-state index in [1.807, 2.05) is 22.6 Å². The number of halogens is 1. The van der Waals surface area contributed by atoms with Crippen LogP contribution in [-0.2, 0) is 9.47 Å². The highest BCUT2D eigenvalue weighted by Crippen LogP contribution is 2.24. The third kappa shape index (κ3) is 4.10. The predicted octanol–water partition coefficient (Wildman–Crippen LogP) is 2.61. The van der Waals surface area contributed by atoms with Gasteiger partial charge in [-0.15, -0.1) is 0 Å². The maximum absolute atomic E-state index is 11.0. The summed E-state index contributed by atoms with van der Waals surface area (Å²) in [4.78, 5) is 21.9. The van der Waals surface area contributed by atoms with E-state index in [9.17, 15) is 9.59 Å². The number of hydrogen-bond acceptors (Lipinski definition) is 5. The number of ether oxygens (including phenoxy) is 3. The molecule has 1 N–H and O–H groups in total. The van der Waals surface area contributed by atoms with Crippen molar-refractivity contribution in [1.82, 2.24) is 0 Å². The Bertz CT molecular complexity index is 435. The number of carbonyl (C=O) groups is 2. The molecule has 7 heteroatoms. The molecule has 0 aliphatic heterocycles. The summed E-state index contributed by atoms with van der Waals surface area (Å²) in [7, 11) is 2.50. The van der Waals surface area contributed by atoms with Crippen LogP contribution in [0.2, 0.25) is 0 Å². The molecule has 1 rings (SSSR count). The van der Waals surface area contributed by atoms with Crippen LogP contribution in [0.25, 0.3) is 0 Å². The van der Waals surface area contributed by atoms with Gasteiger partial charge >= 0.3 is 12.2 Å². The zero-order valence-electron chi connectivity index (χ0n) is 9.15. The van der Waals surface area contributed by atoms with Gasteiger partial charge in [-0.05, 0) is 40.8 Å². The van der Waals surface area contributed by atoms with E-state index in [1.165, 1.54) is 20.3 Å². The molecule has 0 bridgehead atoms. The van der Waals surface area contributed by atoms with Crippen LogP contribution >= 0.6 is 22.6 Å². The molecule has 0 aliphatic carbocycles. The lowest BCUT2D eigenvalue weighted by Gasteiger charge is -2.08. The van der Waals surface area contributed by atoms with Gasteiger partial charge in [0.1, 0.15) is 5.75 Å². The number of rotatable bonds is 2. The van der Waals surface area contributed by atoms with Crippen LogP contribution in [0.3, 0.4) is 0 Å². The summed E-state index contributed by atoms with van der Waals surface area (Å²) in [5.41, 5.74) is 0.565. The monoisotopic (exact) mass is 351 g/mol. The van der Waals surface area contributed by atoms with Crippen LogP contribution in [0.15, 0.2) is 18.2 Å². The molecular weight excluding hydrogens is 341 g/mol. The fourth-order valence-electron chi connectivity index (χ4n) is 0.960. The zero-order chi connectivity index (χ0) is 12.8. The molecule has 0 saturated carbocycles. The molecule has 0 unspecified atom stereocenters. The molecule has 1 amide bonds. The number of hydrogen-bond donors (Lipinski definition) is 1. The number of methoxy groups -OCH3 is 2.